The van der Waals surface area contributed by atoms with Crippen LogP contribution in [0.25, 0.3) is 0 Å². The third kappa shape index (κ3) is 3.85. The van der Waals surface area contributed by atoms with E-state index in [4.69, 9.17) is 16.3 Å². The molecule has 1 aliphatic rings. The van der Waals surface area contributed by atoms with Gasteiger partial charge < -0.3 is 9.64 Å². The second-order valence-corrected chi connectivity index (χ2v) is 6.82. The molecule has 3 rings (SSSR count). The minimum absolute atomic E-state index is 0.361. The van der Waals surface area contributed by atoms with E-state index in [0.29, 0.717) is 34.7 Å². The van der Waals surface area contributed by atoms with Crippen molar-refractivity contribution in [3.63, 3.8) is 0 Å². The van der Waals surface area contributed by atoms with Crippen LogP contribution >= 0.6 is 11.6 Å². The molecule has 130 valence electrons. The zero-order valence-electron chi connectivity index (χ0n) is 14.5. The zero-order valence-corrected chi connectivity index (χ0v) is 15.3. The van der Waals surface area contributed by atoms with Crippen molar-refractivity contribution in [3.05, 3.63) is 46.1 Å². The van der Waals surface area contributed by atoms with Crippen LogP contribution in [-0.4, -0.2) is 29.9 Å². The van der Waals surface area contributed by atoms with E-state index in [-0.39, 0.29) is 0 Å². The Hall–Kier alpha value is -2.32. The summed E-state index contributed by atoms with van der Waals surface area (Å²) in [4.78, 5) is 2.15. The maximum Gasteiger partial charge on any atom is 0.169 e. The number of nitriles is 1. The molecule has 1 aromatic heterocycles. The van der Waals surface area contributed by atoms with Gasteiger partial charge in [-0.1, -0.05) is 23.7 Å². The topological polar surface area (TPSA) is 62.0 Å². The van der Waals surface area contributed by atoms with Gasteiger partial charge >= 0.3 is 0 Å². The van der Waals surface area contributed by atoms with Crippen molar-refractivity contribution in [1.29, 1.82) is 5.26 Å². The van der Waals surface area contributed by atoms with Gasteiger partial charge in [0.1, 0.15) is 17.4 Å². The molecule has 0 radical (unpaired) electrons. The lowest BCUT2D eigenvalue weighted by molar-refractivity contribution is 0.228. The molecule has 0 amide bonds. The molecule has 0 aliphatic carbocycles. The first-order valence-corrected chi connectivity index (χ1v) is 8.84. The Morgan fingerprint density at radius 3 is 2.88 bits per heavy atom. The van der Waals surface area contributed by atoms with Crippen molar-refractivity contribution in [3.8, 4) is 11.8 Å². The molecular weight excluding hydrogens is 336 g/mol. The standard InChI is InChI=1S/C19H21ClN4O/c1-13-14(2)22-23-19(16(13)10-21)24-9-5-6-15(11-24)12-25-18-8-4-3-7-17(18)20/h3-4,7-8,15H,5-6,9,11-12H2,1-2H3. The summed E-state index contributed by atoms with van der Waals surface area (Å²) in [6.07, 6.45) is 2.12. The van der Waals surface area contributed by atoms with Crippen molar-refractivity contribution in [2.45, 2.75) is 26.7 Å². The maximum atomic E-state index is 9.52. The number of ether oxygens (including phenoxy) is 1. The van der Waals surface area contributed by atoms with Crippen molar-refractivity contribution in [1.82, 2.24) is 10.2 Å². The zero-order chi connectivity index (χ0) is 17.8. The number of rotatable bonds is 4. The Labute approximate surface area is 153 Å². The number of para-hydroxylation sites is 1. The van der Waals surface area contributed by atoms with E-state index in [1.165, 1.54) is 0 Å². The SMILES string of the molecule is Cc1nnc(N2CCCC(COc3ccccc3Cl)C2)c(C#N)c1C. The largest absolute Gasteiger partial charge is 0.492 e. The second kappa shape index (κ2) is 7.71. The smallest absolute Gasteiger partial charge is 0.169 e. The molecule has 0 spiro atoms. The summed E-state index contributed by atoms with van der Waals surface area (Å²) in [5, 5.41) is 18.6. The Morgan fingerprint density at radius 2 is 2.12 bits per heavy atom. The Balaban J connectivity index is 1.71. The van der Waals surface area contributed by atoms with E-state index >= 15 is 0 Å². The lowest BCUT2D eigenvalue weighted by Crippen LogP contribution is -2.39. The highest BCUT2D eigenvalue weighted by atomic mass is 35.5. The van der Waals surface area contributed by atoms with Crippen LogP contribution < -0.4 is 9.64 Å². The molecule has 5 nitrogen and oxygen atoms in total. The minimum Gasteiger partial charge on any atom is -0.492 e. The molecular formula is C19H21ClN4O. The molecule has 1 unspecified atom stereocenters. The number of aromatic nitrogens is 2. The second-order valence-electron chi connectivity index (χ2n) is 6.42. The van der Waals surface area contributed by atoms with Crippen LogP contribution in [-0.2, 0) is 0 Å². The summed E-state index contributed by atoms with van der Waals surface area (Å²) in [7, 11) is 0. The van der Waals surface area contributed by atoms with Gasteiger partial charge in [0.25, 0.3) is 0 Å². The quantitative estimate of drug-likeness (QED) is 0.831. The molecule has 2 heterocycles. The average molecular weight is 357 g/mol. The van der Waals surface area contributed by atoms with Crippen molar-refractivity contribution >= 4 is 17.4 Å². The van der Waals surface area contributed by atoms with Crippen LogP contribution in [0.1, 0.15) is 29.7 Å². The molecule has 1 fully saturated rings. The summed E-state index contributed by atoms with van der Waals surface area (Å²) in [5.41, 5.74) is 2.33. The normalized spacial score (nSPS) is 17.2. The highest BCUT2D eigenvalue weighted by molar-refractivity contribution is 6.32. The van der Waals surface area contributed by atoms with Gasteiger partial charge in [-0.3, -0.25) is 0 Å². The fourth-order valence-electron chi connectivity index (χ4n) is 3.11. The van der Waals surface area contributed by atoms with Crippen LogP contribution in [0.15, 0.2) is 24.3 Å². The summed E-state index contributed by atoms with van der Waals surface area (Å²) in [5.74, 6) is 1.76. The molecule has 25 heavy (non-hydrogen) atoms. The molecule has 2 aromatic rings. The van der Waals surface area contributed by atoms with E-state index in [9.17, 15) is 5.26 Å². The monoisotopic (exact) mass is 356 g/mol. The number of hydrogen-bond donors (Lipinski definition) is 0. The summed E-state index contributed by atoms with van der Waals surface area (Å²) < 4.78 is 5.90. The number of halogens is 1. The number of nitrogens with zero attached hydrogens (tertiary/aromatic N) is 4. The highest BCUT2D eigenvalue weighted by Crippen LogP contribution is 2.28. The van der Waals surface area contributed by atoms with Gasteiger partial charge in [0.2, 0.25) is 0 Å². The van der Waals surface area contributed by atoms with E-state index in [1.807, 2.05) is 38.1 Å². The Kier molecular flexibility index (Phi) is 5.40. The van der Waals surface area contributed by atoms with E-state index in [1.54, 1.807) is 0 Å². The average Bonchev–Trinajstić information content (AvgIpc) is 2.63. The third-order valence-corrected chi connectivity index (χ3v) is 4.99. The lowest BCUT2D eigenvalue weighted by atomic mass is 9.98. The van der Waals surface area contributed by atoms with Gasteiger partial charge in [0, 0.05) is 19.0 Å². The highest BCUT2D eigenvalue weighted by Gasteiger charge is 2.25. The molecule has 6 heteroatoms. The molecule has 1 saturated heterocycles. The first-order chi connectivity index (χ1) is 12.1. The van der Waals surface area contributed by atoms with Gasteiger partial charge in [0.15, 0.2) is 5.82 Å². The Morgan fingerprint density at radius 1 is 1.32 bits per heavy atom. The van der Waals surface area contributed by atoms with E-state index < -0.39 is 0 Å². The van der Waals surface area contributed by atoms with Gasteiger partial charge in [0.05, 0.1) is 17.3 Å². The van der Waals surface area contributed by atoms with E-state index in [0.717, 1.165) is 37.2 Å². The van der Waals surface area contributed by atoms with Crippen molar-refractivity contribution in [2.75, 3.05) is 24.6 Å². The first kappa shape index (κ1) is 17.5. The van der Waals surface area contributed by atoms with Gasteiger partial charge in [-0.05, 0) is 44.4 Å². The maximum absolute atomic E-state index is 9.52. The van der Waals surface area contributed by atoms with Crippen LogP contribution in [0, 0.1) is 31.1 Å². The molecule has 1 atom stereocenters. The van der Waals surface area contributed by atoms with Crippen molar-refractivity contribution < 1.29 is 4.74 Å². The van der Waals surface area contributed by atoms with Gasteiger partial charge in [-0.2, -0.15) is 10.4 Å². The molecule has 1 aromatic carbocycles. The fraction of sp³-hybridized carbons (Fsp3) is 0.421. The lowest BCUT2D eigenvalue weighted by Gasteiger charge is -2.33. The molecule has 0 bridgehead atoms. The van der Waals surface area contributed by atoms with Crippen molar-refractivity contribution in [2.24, 2.45) is 5.92 Å². The van der Waals surface area contributed by atoms with Crippen LogP contribution in [0.3, 0.4) is 0 Å². The van der Waals surface area contributed by atoms with E-state index in [2.05, 4.69) is 21.2 Å². The number of anilines is 1. The van der Waals surface area contributed by atoms with Crippen LogP contribution in [0.4, 0.5) is 5.82 Å². The van der Waals surface area contributed by atoms with Gasteiger partial charge in [-0.25, -0.2) is 0 Å². The Bertz CT molecular complexity index is 802. The van der Waals surface area contributed by atoms with Crippen LogP contribution in [0.2, 0.25) is 5.02 Å². The number of hydrogen-bond acceptors (Lipinski definition) is 5. The summed E-state index contributed by atoms with van der Waals surface area (Å²) in [6.45, 7) is 6.09. The number of benzene rings is 1. The first-order valence-electron chi connectivity index (χ1n) is 8.46. The number of piperidine rings is 1. The fourth-order valence-corrected chi connectivity index (χ4v) is 3.30. The predicted octanol–water partition coefficient (Wildman–Crippen LogP) is 3.91. The third-order valence-electron chi connectivity index (χ3n) is 4.68. The van der Waals surface area contributed by atoms with Crippen LogP contribution in [0.5, 0.6) is 5.75 Å². The summed E-state index contributed by atoms with van der Waals surface area (Å²) >= 11 is 6.15. The summed E-state index contributed by atoms with van der Waals surface area (Å²) in [6, 6.07) is 9.80. The molecule has 0 N–H and O–H groups in total. The molecule has 1 aliphatic heterocycles. The molecule has 0 saturated carbocycles. The number of aryl methyl sites for hydroxylation is 1. The minimum atomic E-state index is 0.361. The predicted molar refractivity (Wildman–Crippen MR) is 98.1 cm³/mol. The van der Waals surface area contributed by atoms with Gasteiger partial charge in [-0.15, -0.1) is 5.10 Å².